The normalized spacial score (nSPS) is 15.8. The number of aliphatic hydroxyl groups is 2. The average Bonchev–Trinajstić information content (AvgIpc) is 2.26. The van der Waals surface area contributed by atoms with Crippen molar-refractivity contribution in [3.63, 3.8) is 0 Å². The van der Waals surface area contributed by atoms with Crippen LogP contribution in [0, 0.1) is 0 Å². The van der Waals surface area contributed by atoms with E-state index in [0.29, 0.717) is 5.56 Å². The smallest absolute Gasteiger partial charge is 0.238 e. The predicted molar refractivity (Wildman–Crippen MR) is 57.8 cm³/mol. The van der Waals surface area contributed by atoms with Crippen molar-refractivity contribution >= 4 is 10.0 Å². The molecule has 6 N–H and O–H groups in total. The van der Waals surface area contributed by atoms with Crippen molar-refractivity contribution in [2.45, 2.75) is 17.1 Å². The van der Waals surface area contributed by atoms with Crippen LogP contribution >= 0.6 is 0 Å². The van der Waals surface area contributed by atoms with Gasteiger partial charge in [-0.25, -0.2) is 13.6 Å². The number of primary sulfonamides is 1. The van der Waals surface area contributed by atoms with Gasteiger partial charge in [-0.2, -0.15) is 0 Å². The van der Waals surface area contributed by atoms with Crippen LogP contribution < -0.4 is 10.9 Å². The molecule has 0 bridgehead atoms. The second-order valence-corrected chi connectivity index (χ2v) is 4.92. The summed E-state index contributed by atoms with van der Waals surface area (Å²) in [5, 5.41) is 23.8. The largest absolute Gasteiger partial charge is 0.389 e. The minimum atomic E-state index is -3.74. The molecule has 1 rings (SSSR count). The van der Waals surface area contributed by atoms with Crippen molar-refractivity contribution in [3.8, 4) is 0 Å². The zero-order valence-electron chi connectivity index (χ0n) is 8.45. The summed E-state index contributed by atoms with van der Waals surface area (Å²) in [6.07, 6.45) is -2.22. The van der Waals surface area contributed by atoms with Gasteiger partial charge >= 0.3 is 0 Å². The molecule has 6 nitrogen and oxygen atoms in total. The van der Waals surface area contributed by atoms with Gasteiger partial charge in [-0.1, -0.05) is 12.1 Å². The lowest BCUT2D eigenvalue weighted by molar-refractivity contribution is 0.0243. The highest BCUT2D eigenvalue weighted by molar-refractivity contribution is 7.89. The monoisotopic (exact) mass is 246 g/mol. The number of nitrogens with two attached hydrogens (primary N) is 2. The Balaban J connectivity index is 2.96. The van der Waals surface area contributed by atoms with Gasteiger partial charge in [0, 0.05) is 6.54 Å². The van der Waals surface area contributed by atoms with E-state index in [4.69, 9.17) is 10.9 Å². The minimum absolute atomic E-state index is 0.0503. The van der Waals surface area contributed by atoms with Gasteiger partial charge in [0.2, 0.25) is 10.0 Å². The summed E-state index contributed by atoms with van der Waals surface area (Å²) >= 11 is 0. The highest BCUT2D eigenvalue weighted by atomic mass is 32.2. The van der Waals surface area contributed by atoms with Crippen molar-refractivity contribution < 1.29 is 18.6 Å². The quantitative estimate of drug-likeness (QED) is 0.524. The third-order valence-electron chi connectivity index (χ3n) is 2.16. The van der Waals surface area contributed by atoms with Gasteiger partial charge in [-0.3, -0.25) is 0 Å². The van der Waals surface area contributed by atoms with E-state index in [1.807, 2.05) is 0 Å². The van der Waals surface area contributed by atoms with Gasteiger partial charge in [0.25, 0.3) is 0 Å². The highest BCUT2D eigenvalue weighted by Crippen LogP contribution is 2.18. The first-order valence-electron chi connectivity index (χ1n) is 4.55. The Hall–Kier alpha value is -0.990. The van der Waals surface area contributed by atoms with E-state index in [-0.39, 0.29) is 11.4 Å². The standard InChI is InChI=1S/C9H14N2O4S/c10-5-8(12)9(13)6-1-3-7(4-2-6)16(11,14)15/h1-4,8-9,12-13H,5,10H2,(H2,11,14,15). The number of aliphatic hydroxyl groups excluding tert-OH is 2. The van der Waals surface area contributed by atoms with E-state index in [2.05, 4.69) is 0 Å². The number of benzene rings is 1. The molecule has 0 fully saturated rings. The third kappa shape index (κ3) is 3.00. The molecular weight excluding hydrogens is 232 g/mol. The van der Waals surface area contributed by atoms with E-state index in [1.165, 1.54) is 24.3 Å². The van der Waals surface area contributed by atoms with E-state index in [1.54, 1.807) is 0 Å². The number of hydrogen-bond donors (Lipinski definition) is 4. The lowest BCUT2D eigenvalue weighted by Crippen LogP contribution is -2.27. The first kappa shape index (κ1) is 13.1. The summed E-state index contributed by atoms with van der Waals surface area (Å²) in [5.41, 5.74) is 5.56. The summed E-state index contributed by atoms with van der Waals surface area (Å²) in [6.45, 7) is -0.0852. The molecule has 0 amide bonds. The number of sulfonamides is 1. The molecular formula is C9H14N2O4S. The van der Waals surface area contributed by atoms with Crippen molar-refractivity contribution in [2.24, 2.45) is 10.9 Å². The summed E-state index contributed by atoms with van der Waals surface area (Å²) < 4.78 is 21.9. The zero-order chi connectivity index (χ0) is 12.3. The van der Waals surface area contributed by atoms with Crippen LogP contribution in [0.1, 0.15) is 11.7 Å². The first-order chi connectivity index (χ1) is 7.36. The number of rotatable bonds is 4. The molecule has 0 aliphatic rings. The average molecular weight is 246 g/mol. The molecule has 0 aliphatic heterocycles. The van der Waals surface area contributed by atoms with Gasteiger partial charge < -0.3 is 15.9 Å². The van der Waals surface area contributed by atoms with Gasteiger partial charge in [0.15, 0.2) is 0 Å². The lowest BCUT2D eigenvalue weighted by Gasteiger charge is -2.16. The van der Waals surface area contributed by atoms with Crippen LogP contribution in [0.4, 0.5) is 0 Å². The Bertz CT molecular complexity index is 443. The highest BCUT2D eigenvalue weighted by Gasteiger charge is 2.17. The molecule has 0 aliphatic carbocycles. The van der Waals surface area contributed by atoms with E-state index in [9.17, 15) is 18.6 Å². The topological polar surface area (TPSA) is 127 Å². The van der Waals surface area contributed by atoms with Gasteiger partial charge in [-0.05, 0) is 17.7 Å². The van der Waals surface area contributed by atoms with Crippen LogP contribution in [-0.2, 0) is 10.0 Å². The second-order valence-electron chi connectivity index (χ2n) is 3.36. The van der Waals surface area contributed by atoms with Gasteiger partial charge in [0.05, 0.1) is 11.0 Å². The second kappa shape index (κ2) is 4.89. The third-order valence-corrected chi connectivity index (χ3v) is 3.09. The SMILES string of the molecule is NCC(O)C(O)c1ccc(S(N)(=O)=O)cc1. The maximum Gasteiger partial charge on any atom is 0.238 e. The van der Waals surface area contributed by atoms with Crippen LogP contribution in [0.25, 0.3) is 0 Å². The number of hydrogen-bond acceptors (Lipinski definition) is 5. The molecule has 0 heterocycles. The summed E-state index contributed by atoms with van der Waals surface area (Å²) in [6, 6.07) is 5.28. The Morgan fingerprint density at radius 3 is 2.06 bits per heavy atom. The molecule has 16 heavy (non-hydrogen) atoms. The predicted octanol–water partition coefficient (Wildman–Crippen LogP) is -1.31. The molecule has 1 aromatic carbocycles. The Morgan fingerprint density at radius 2 is 1.69 bits per heavy atom. The fourth-order valence-corrected chi connectivity index (χ4v) is 1.72. The zero-order valence-corrected chi connectivity index (χ0v) is 9.26. The minimum Gasteiger partial charge on any atom is -0.389 e. The van der Waals surface area contributed by atoms with Crippen molar-refractivity contribution in [3.05, 3.63) is 29.8 Å². The summed E-state index contributed by atoms with van der Waals surface area (Å²) in [5.74, 6) is 0. The van der Waals surface area contributed by atoms with Gasteiger partial charge in [0.1, 0.15) is 6.10 Å². The Kier molecular flexibility index (Phi) is 4.00. The molecule has 0 radical (unpaired) electrons. The fraction of sp³-hybridized carbons (Fsp3) is 0.333. The molecule has 0 aromatic heterocycles. The van der Waals surface area contributed by atoms with Crippen molar-refractivity contribution in [2.75, 3.05) is 6.54 Å². The van der Waals surface area contributed by atoms with E-state index >= 15 is 0 Å². The Labute approximate surface area is 93.6 Å². The van der Waals surface area contributed by atoms with Crippen LogP contribution in [0.3, 0.4) is 0 Å². The van der Waals surface area contributed by atoms with Crippen LogP contribution in [0.2, 0.25) is 0 Å². The van der Waals surface area contributed by atoms with Crippen molar-refractivity contribution in [1.82, 2.24) is 0 Å². The molecule has 90 valence electrons. The maximum atomic E-state index is 10.9. The summed E-state index contributed by atoms with van der Waals surface area (Å²) in [7, 11) is -3.74. The van der Waals surface area contributed by atoms with Crippen molar-refractivity contribution in [1.29, 1.82) is 0 Å². The lowest BCUT2D eigenvalue weighted by atomic mass is 10.0. The molecule has 0 saturated carbocycles. The van der Waals surface area contributed by atoms with Crippen LogP contribution in [0.15, 0.2) is 29.2 Å². The fourth-order valence-electron chi connectivity index (χ4n) is 1.21. The molecule has 1 aromatic rings. The first-order valence-corrected chi connectivity index (χ1v) is 6.10. The Morgan fingerprint density at radius 1 is 1.19 bits per heavy atom. The van der Waals surface area contributed by atoms with Gasteiger partial charge in [-0.15, -0.1) is 0 Å². The molecule has 7 heteroatoms. The molecule has 0 saturated heterocycles. The molecule has 2 atom stereocenters. The maximum absolute atomic E-state index is 10.9. The van der Waals surface area contributed by atoms with Crippen LogP contribution in [0.5, 0.6) is 0 Å². The molecule has 0 spiro atoms. The molecule has 2 unspecified atom stereocenters. The van der Waals surface area contributed by atoms with Crippen LogP contribution in [-0.4, -0.2) is 31.3 Å². The van der Waals surface area contributed by atoms with E-state index in [0.717, 1.165) is 0 Å². The van der Waals surface area contributed by atoms with E-state index < -0.39 is 22.2 Å². The summed E-state index contributed by atoms with van der Waals surface area (Å²) in [4.78, 5) is -0.0503.